The van der Waals surface area contributed by atoms with E-state index in [0.717, 1.165) is 12.0 Å². The molecule has 4 nitrogen and oxygen atoms in total. The molecule has 0 radical (unpaired) electrons. The van der Waals surface area contributed by atoms with Crippen LogP contribution in [0.5, 0.6) is 0 Å². The average molecular weight is 310 g/mol. The second-order valence-electron chi connectivity index (χ2n) is 7.20. The predicted octanol–water partition coefficient (Wildman–Crippen LogP) is 2.34. The van der Waals surface area contributed by atoms with E-state index in [9.17, 15) is 8.42 Å². The number of rotatable bonds is 2. The minimum atomic E-state index is -3.44. The summed E-state index contributed by atoms with van der Waals surface area (Å²) in [7, 11) is -3.44. The molecular formula is C16H26N2O2S. The second kappa shape index (κ2) is 5.71. The lowest BCUT2D eigenvalue weighted by Gasteiger charge is -2.34. The largest absolute Gasteiger partial charge is 0.326 e. The van der Waals surface area contributed by atoms with Crippen LogP contribution in [0.25, 0.3) is 0 Å². The van der Waals surface area contributed by atoms with E-state index in [1.54, 1.807) is 12.1 Å². The number of piperidine rings is 1. The highest BCUT2D eigenvalue weighted by molar-refractivity contribution is 7.89. The Bertz CT molecular complexity index is 578. The summed E-state index contributed by atoms with van der Waals surface area (Å²) >= 11 is 0. The van der Waals surface area contributed by atoms with E-state index in [2.05, 4.69) is 20.8 Å². The van der Waals surface area contributed by atoms with Gasteiger partial charge in [-0.05, 0) is 35.4 Å². The van der Waals surface area contributed by atoms with Crippen LogP contribution in [0, 0.1) is 5.92 Å². The van der Waals surface area contributed by atoms with Crippen LogP contribution >= 0.6 is 0 Å². The smallest absolute Gasteiger partial charge is 0.243 e. The van der Waals surface area contributed by atoms with Gasteiger partial charge >= 0.3 is 0 Å². The summed E-state index contributed by atoms with van der Waals surface area (Å²) < 4.78 is 26.9. The summed E-state index contributed by atoms with van der Waals surface area (Å²) in [5.74, 6) is 0.303. The minimum Gasteiger partial charge on any atom is -0.326 e. The van der Waals surface area contributed by atoms with Crippen LogP contribution in [-0.2, 0) is 15.4 Å². The van der Waals surface area contributed by atoms with Crippen molar-refractivity contribution in [1.29, 1.82) is 0 Å². The molecule has 1 aromatic carbocycles. The van der Waals surface area contributed by atoms with Crippen LogP contribution in [0.3, 0.4) is 0 Å². The molecule has 1 fully saturated rings. The highest BCUT2D eigenvalue weighted by atomic mass is 32.2. The summed E-state index contributed by atoms with van der Waals surface area (Å²) in [6, 6.07) is 7.15. The Hall–Kier alpha value is -0.910. The molecular weight excluding hydrogens is 284 g/mol. The number of benzene rings is 1. The topological polar surface area (TPSA) is 63.4 Å². The maximum Gasteiger partial charge on any atom is 0.243 e. The van der Waals surface area contributed by atoms with Crippen LogP contribution in [0.4, 0.5) is 0 Å². The monoisotopic (exact) mass is 310 g/mol. The molecule has 21 heavy (non-hydrogen) atoms. The first-order valence-electron chi connectivity index (χ1n) is 7.47. The SMILES string of the molecule is CC1CC(N)CN(S(=O)(=O)c2ccc(C(C)(C)C)cc2)C1. The Morgan fingerprint density at radius 3 is 2.19 bits per heavy atom. The fourth-order valence-electron chi connectivity index (χ4n) is 2.82. The molecule has 0 amide bonds. The molecule has 5 heteroatoms. The first kappa shape index (κ1) is 16.5. The average Bonchev–Trinajstić information content (AvgIpc) is 2.36. The molecule has 1 aliphatic heterocycles. The highest BCUT2D eigenvalue weighted by Gasteiger charge is 2.32. The van der Waals surface area contributed by atoms with E-state index in [1.807, 2.05) is 19.1 Å². The molecule has 0 bridgehead atoms. The summed E-state index contributed by atoms with van der Waals surface area (Å²) in [4.78, 5) is 0.358. The molecule has 0 spiro atoms. The predicted molar refractivity (Wildman–Crippen MR) is 85.7 cm³/mol. The van der Waals surface area contributed by atoms with Crippen molar-refractivity contribution in [3.05, 3.63) is 29.8 Å². The Morgan fingerprint density at radius 1 is 1.14 bits per heavy atom. The van der Waals surface area contributed by atoms with Gasteiger partial charge in [-0.25, -0.2) is 8.42 Å². The zero-order valence-corrected chi connectivity index (χ0v) is 14.2. The first-order valence-corrected chi connectivity index (χ1v) is 8.91. The Morgan fingerprint density at radius 2 is 1.71 bits per heavy atom. The van der Waals surface area contributed by atoms with E-state index >= 15 is 0 Å². The first-order chi connectivity index (χ1) is 9.60. The van der Waals surface area contributed by atoms with Gasteiger partial charge in [0, 0.05) is 19.1 Å². The molecule has 2 N–H and O–H groups in total. The van der Waals surface area contributed by atoms with Gasteiger partial charge in [-0.3, -0.25) is 0 Å². The Kier molecular flexibility index (Phi) is 4.47. The molecule has 0 saturated carbocycles. The zero-order valence-electron chi connectivity index (χ0n) is 13.3. The van der Waals surface area contributed by atoms with E-state index in [-0.39, 0.29) is 11.5 Å². The molecule has 118 valence electrons. The molecule has 1 aromatic rings. The molecule has 0 aliphatic carbocycles. The van der Waals surface area contributed by atoms with Crippen molar-refractivity contribution in [2.24, 2.45) is 11.7 Å². The van der Waals surface area contributed by atoms with E-state index < -0.39 is 10.0 Å². The van der Waals surface area contributed by atoms with E-state index in [1.165, 1.54) is 4.31 Å². The lowest BCUT2D eigenvalue weighted by Crippen LogP contribution is -2.48. The molecule has 1 aliphatic rings. The Balaban J connectivity index is 2.27. The molecule has 1 saturated heterocycles. The van der Waals surface area contributed by atoms with Gasteiger partial charge in [0.1, 0.15) is 0 Å². The van der Waals surface area contributed by atoms with Crippen LogP contribution in [-0.4, -0.2) is 31.9 Å². The van der Waals surface area contributed by atoms with Crippen molar-refractivity contribution in [3.63, 3.8) is 0 Å². The van der Waals surface area contributed by atoms with Crippen LogP contribution in [0.1, 0.15) is 39.7 Å². The van der Waals surface area contributed by atoms with E-state index in [4.69, 9.17) is 5.73 Å². The third-order valence-electron chi connectivity index (χ3n) is 4.02. The Labute approximate surface area is 128 Å². The van der Waals surface area contributed by atoms with Crippen LogP contribution in [0.15, 0.2) is 29.2 Å². The normalized spacial score (nSPS) is 25.0. The fourth-order valence-corrected chi connectivity index (χ4v) is 4.44. The van der Waals surface area contributed by atoms with Crippen molar-refractivity contribution in [3.8, 4) is 0 Å². The van der Waals surface area contributed by atoms with Gasteiger partial charge in [0.15, 0.2) is 0 Å². The van der Waals surface area contributed by atoms with Gasteiger partial charge in [-0.15, -0.1) is 0 Å². The third-order valence-corrected chi connectivity index (χ3v) is 5.86. The van der Waals surface area contributed by atoms with Crippen molar-refractivity contribution in [1.82, 2.24) is 4.31 Å². The van der Waals surface area contributed by atoms with Crippen molar-refractivity contribution >= 4 is 10.0 Å². The third kappa shape index (κ3) is 3.65. The van der Waals surface area contributed by atoms with Gasteiger partial charge in [-0.2, -0.15) is 4.31 Å². The number of nitrogens with two attached hydrogens (primary N) is 1. The molecule has 2 unspecified atom stereocenters. The van der Waals surface area contributed by atoms with Crippen LogP contribution in [0.2, 0.25) is 0 Å². The maximum absolute atomic E-state index is 12.7. The van der Waals surface area contributed by atoms with E-state index in [0.29, 0.717) is 23.9 Å². The number of hydrogen-bond donors (Lipinski definition) is 1. The van der Waals surface area contributed by atoms with Crippen molar-refractivity contribution in [2.75, 3.05) is 13.1 Å². The molecule has 1 heterocycles. The van der Waals surface area contributed by atoms with Crippen LogP contribution < -0.4 is 5.73 Å². The van der Waals surface area contributed by atoms with Gasteiger partial charge in [0.05, 0.1) is 4.90 Å². The summed E-state index contributed by atoms with van der Waals surface area (Å²) in [5.41, 5.74) is 7.11. The number of sulfonamides is 1. The molecule has 0 aromatic heterocycles. The molecule has 2 atom stereocenters. The summed E-state index contributed by atoms with van der Waals surface area (Å²) in [6.45, 7) is 9.35. The second-order valence-corrected chi connectivity index (χ2v) is 9.14. The lowest BCUT2D eigenvalue weighted by atomic mass is 9.87. The number of hydrogen-bond acceptors (Lipinski definition) is 3. The van der Waals surface area contributed by atoms with Gasteiger partial charge in [0.25, 0.3) is 0 Å². The van der Waals surface area contributed by atoms with Gasteiger partial charge in [0.2, 0.25) is 10.0 Å². The standard InChI is InChI=1S/C16H26N2O2S/c1-12-9-14(17)11-18(10-12)21(19,20)15-7-5-13(6-8-15)16(2,3)4/h5-8,12,14H,9-11,17H2,1-4H3. The highest BCUT2D eigenvalue weighted by Crippen LogP contribution is 2.26. The fraction of sp³-hybridized carbons (Fsp3) is 0.625. The number of nitrogens with zero attached hydrogens (tertiary/aromatic N) is 1. The van der Waals surface area contributed by atoms with Crippen molar-refractivity contribution < 1.29 is 8.42 Å². The minimum absolute atomic E-state index is 0.0181. The van der Waals surface area contributed by atoms with Crippen molar-refractivity contribution in [2.45, 2.75) is 50.5 Å². The molecule has 2 rings (SSSR count). The summed E-state index contributed by atoms with van der Waals surface area (Å²) in [5, 5.41) is 0. The van der Waals surface area contributed by atoms with Gasteiger partial charge < -0.3 is 5.73 Å². The summed E-state index contributed by atoms with van der Waals surface area (Å²) in [6.07, 6.45) is 0.884. The quantitative estimate of drug-likeness (QED) is 0.912. The van der Waals surface area contributed by atoms with Gasteiger partial charge in [-0.1, -0.05) is 39.8 Å². The lowest BCUT2D eigenvalue weighted by molar-refractivity contribution is 0.254. The zero-order chi connectivity index (χ0) is 15.8. The maximum atomic E-state index is 12.7.